The second kappa shape index (κ2) is 8.19. The Balaban J connectivity index is 1.57. The average Bonchev–Trinajstić information content (AvgIpc) is 2.97. The van der Waals surface area contributed by atoms with E-state index < -0.39 is 0 Å². The molecule has 0 spiro atoms. The zero-order chi connectivity index (χ0) is 17.8. The third-order valence-electron chi connectivity index (χ3n) is 5.33. The summed E-state index contributed by atoms with van der Waals surface area (Å²) in [7, 11) is 2.04. The van der Waals surface area contributed by atoms with Gasteiger partial charge in [0, 0.05) is 64.1 Å². The number of ether oxygens (including phenoxy) is 1. The summed E-state index contributed by atoms with van der Waals surface area (Å²) in [4.78, 5) is 19.0. The summed E-state index contributed by atoms with van der Waals surface area (Å²) in [5.74, 6) is 0. The molecule has 25 heavy (non-hydrogen) atoms. The van der Waals surface area contributed by atoms with E-state index in [2.05, 4.69) is 23.8 Å². The third-order valence-corrected chi connectivity index (χ3v) is 5.33. The van der Waals surface area contributed by atoms with E-state index in [1.807, 2.05) is 21.5 Å². The third kappa shape index (κ3) is 3.98. The summed E-state index contributed by atoms with van der Waals surface area (Å²) >= 11 is 0. The van der Waals surface area contributed by atoms with E-state index in [4.69, 9.17) is 4.74 Å². The van der Waals surface area contributed by atoms with Gasteiger partial charge in [-0.1, -0.05) is 13.8 Å². The van der Waals surface area contributed by atoms with Crippen molar-refractivity contribution in [3.05, 3.63) is 17.0 Å². The predicted molar refractivity (Wildman–Crippen MR) is 96.6 cm³/mol. The number of rotatable bonds is 4. The minimum Gasteiger partial charge on any atom is -0.378 e. The van der Waals surface area contributed by atoms with Crippen LogP contribution in [0.3, 0.4) is 0 Å². The van der Waals surface area contributed by atoms with Gasteiger partial charge in [-0.2, -0.15) is 5.10 Å². The van der Waals surface area contributed by atoms with Crippen LogP contribution >= 0.6 is 0 Å². The Bertz CT molecular complexity index is 587. The zero-order valence-corrected chi connectivity index (χ0v) is 15.8. The van der Waals surface area contributed by atoms with Crippen molar-refractivity contribution in [2.24, 2.45) is 7.05 Å². The van der Waals surface area contributed by atoms with E-state index in [1.54, 1.807) is 0 Å². The summed E-state index contributed by atoms with van der Waals surface area (Å²) < 4.78 is 7.37. The van der Waals surface area contributed by atoms with E-state index in [0.717, 1.165) is 45.6 Å². The van der Waals surface area contributed by atoms with Gasteiger partial charge in [0.2, 0.25) is 0 Å². The molecule has 7 heteroatoms. The van der Waals surface area contributed by atoms with Crippen LogP contribution < -0.4 is 0 Å². The summed E-state index contributed by atoms with van der Waals surface area (Å²) in [6.45, 7) is 11.5. The number of morpholine rings is 1. The van der Waals surface area contributed by atoms with E-state index in [0.29, 0.717) is 26.3 Å². The standard InChI is InChI=1S/C18H31N5O2/c1-4-16-15(17(5-2)20(3)19-16)14-21-6-8-22(9-7-21)18(24)23-10-12-25-13-11-23/h4-14H2,1-3H3. The predicted octanol–water partition coefficient (Wildman–Crippen LogP) is 1.11. The highest BCUT2D eigenvalue weighted by molar-refractivity contribution is 5.74. The van der Waals surface area contributed by atoms with Crippen LogP contribution in [0.1, 0.15) is 30.8 Å². The van der Waals surface area contributed by atoms with Gasteiger partial charge in [0.05, 0.1) is 18.9 Å². The number of carbonyl (C=O) groups excluding carboxylic acids is 1. The molecule has 140 valence electrons. The summed E-state index contributed by atoms with van der Waals surface area (Å²) in [5.41, 5.74) is 3.94. The van der Waals surface area contributed by atoms with E-state index in [1.165, 1.54) is 17.0 Å². The fraction of sp³-hybridized carbons (Fsp3) is 0.778. The van der Waals surface area contributed by atoms with Crippen LogP contribution in [-0.2, 0) is 31.2 Å². The number of urea groups is 1. The molecule has 2 fully saturated rings. The van der Waals surface area contributed by atoms with Crippen molar-refractivity contribution in [3.63, 3.8) is 0 Å². The van der Waals surface area contributed by atoms with Crippen LogP contribution in [0.15, 0.2) is 0 Å². The number of aryl methyl sites for hydroxylation is 2. The summed E-state index contributed by atoms with van der Waals surface area (Å²) in [5, 5.41) is 4.68. The Morgan fingerprint density at radius 1 is 1.00 bits per heavy atom. The molecule has 0 atom stereocenters. The Morgan fingerprint density at radius 2 is 1.64 bits per heavy atom. The first-order valence-electron chi connectivity index (χ1n) is 9.51. The minimum atomic E-state index is 0.174. The van der Waals surface area contributed by atoms with Crippen LogP contribution in [0.25, 0.3) is 0 Å². The highest BCUT2D eigenvalue weighted by Gasteiger charge is 2.27. The SMILES string of the molecule is CCc1nn(C)c(CC)c1CN1CCN(C(=O)N2CCOCC2)CC1. The number of hydrogen-bond acceptors (Lipinski definition) is 4. The van der Waals surface area contributed by atoms with Gasteiger partial charge in [-0.05, 0) is 12.8 Å². The molecule has 2 aliphatic rings. The van der Waals surface area contributed by atoms with Crippen LogP contribution in [0, 0.1) is 0 Å². The van der Waals surface area contributed by atoms with Crippen LogP contribution in [0.2, 0.25) is 0 Å². The van der Waals surface area contributed by atoms with Gasteiger partial charge >= 0.3 is 6.03 Å². The molecular formula is C18H31N5O2. The van der Waals surface area contributed by atoms with Crippen molar-refractivity contribution in [2.75, 3.05) is 52.5 Å². The molecule has 3 rings (SSSR count). The van der Waals surface area contributed by atoms with Crippen molar-refractivity contribution in [1.29, 1.82) is 0 Å². The highest BCUT2D eigenvalue weighted by Crippen LogP contribution is 2.19. The molecule has 0 aromatic carbocycles. The van der Waals surface area contributed by atoms with Crippen molar-refractivity contribution in [3.8, 4) is 0 Å². The van der Waals surface area contributed by atoms with Gasteiger partial charge in [-0.3, -0.25) is 9.58 Å². The molecule has 2 amide bonds. The number of aromatic nitrogens is 2. The maximum atomic E-state index is 12.6. The molecule has 0 radical (unpaired) electrons. The second-order valence-electron chi connectivity index (χ2n) is 6.85. The lowest BCUT2D eigenvalue weighted by Crippen LogP contribution is -2.54. The van der Waals surface area contributed by atoms with E-state index >= 15 is 0 Å². The quantitative estimate of drug-likeness (QED) is 0.817. The van der Waals surface area contributed by atoms with Crippen molar-refractivity contribution in [1.82, 2.24) is 24.5 Å². The number of amides is 2. The molecule has 0 saturated carbocycles. The zero-order valence-electron chi connectivity index (χ0n) is 15.8. The summed E-state index contributed by atoms with van der Waals surface area (Å²) in [6.07, 6.45) is 1.98. The molecule has 1 aromatic rings. The number of hydrogen-bond donors (Lipinski definition) is 0. The first kappa shape index (κ1) is 18.2. The molecule has 0 N–H and O–H groups in total. The molecule has 0 unspecified atom stereocenters. The number of piperazine rings is 1. The van der Waals surface area contributed by atoms with Gasteiger partial charge in [-0.15, -0.1) is 0 Å². The van der Waals surface area contributed by atoms with Gasteiger partial charge in [0.15, 0.2) is 0 Å². The number of carbonyl (C=O) groups is 1. The Hall–Kier alpha value is -1.60. The topological polar surface area (TPSA) is 53.8 Å². The van der Waals surface area contributed by atoms with E-state index in [9.17, 15) is 4.79 Å². The van der Waals surface area contributed by atoms with Gasteiger partial charge in [0.1, 0.15) is 0 Å². The molecule has 2 saturated heterocycles. The summed E-state index contributed by atoms with van der Waals surface area (Å²) in [6, 6.07) is 0.174. The number of nitrogens with zero attached hydrogens (tertiary/aromatic N) is 5. The molecule has 7 nitrogen and oxygen atoms in total. The Labute approximate surface area is 150 Å². The van der Waals surface area contributed by atoms with Crippen molar-refractivity contribution < 1.29 is 9.53 Å². The lowest BCUT2D eigenvalue weighted by molar-refractivity contribution is 0.0372. The lowest BCUT2D eigenvalue weighted by atomic mass is 10.1. The van der Waals surface area contributed by atoms with E-state index in [-0.39, 0.29) is 6.03 Å². The van der Waals surface area contributed by atoms with Crippen molar-refractivity contribution in [2.45, 2.75) is 33.2 Å². The lowest BCUT2D eigenvalue weighted by Gasteiger charge is -2.38. The molecule has 3 heterocycles. The second-order valence-corrected chi connectivity index (χ2v) is 6.85. The highest BCUT2D eigenvalue weighted by atomic mass is 16.5. The monoisotopic (exact) mass is 349 g/mol. The molecular weight excluding hydrogens is 318 g/mol. The van der Waals surface area contributed by atoms with Gasteiger partial charge in [-0.25, -0.2) is 4.79 Å². The normalized spacial score (nSPS) is 19.5. The molecule has 0 bridgehead atoms. The fourth-order valence-electron chi connectivity index (χ4n) is 3.85. The fourth-order valence-corrected chi connectivity index (χ4v) is 3.85. The first-order valence-corrected chi connectivity index (χ1v) is 9.51. The molecule has 0 aliphatic carbocycles. The maximum absolute atomic E-state index is 12.6. The van der Waals surface area contributed by atoms with Gasteiger partial charge < -0.3 is 14.5 Å². The molecule has 2 aliphatic heterocycles. The smallest absolute Gasteiger partial charge is 0.320 e. The Morgan fingerprint density at radius 3 is 2.24 bits per heavy atom. The first-order chi connectivity index (χ1) is 12.1. The van der Waals surface area contributed by atoms with Crippen LogP contribution in [0.5, 0.6) is 0 Å². The minimum absolute atomic E-state index is 0.174. The van der Waals surface area contributed by atoms with Crippen LogP contribution in [-0.4, -0.2) is 83.0 Å². The largest absolute Gasteiger partial charge is 0.378 e. The molecule has 1 aromatic heterocycles. The van der Waals surface area contributed by atoms with Gasteiger partial charge in [0.25, 0.3) is 0 Å². The van der Waals surface area contributed by atoms with Crippen molar-refractivity contribution >= 4 is 6.03 Å². The Kier molecular flexibility index (Phi) is 5.96. The average molecular weight is 349 g/mol. The van der Waals surface area contributed by atoms with Crippen LogP contribution in [0.4, 0.5) is 4.79 Å². The maximum Gasteiger partial charge on any atom is 0.320 e.